The van der Waals surface area contributed by atoms with Gasteiger partial charge in [-0.05, 0) is 31.3 Å². The average molecular weight is 272 g/mol. The molecule has 0 spiro atoms. The van der Waals surface area contributed by atoms with E-state index in [4.69, 9.17) is 4.74 Å². The summed E-state index contributed by atoms with van der Waals surface area (Å²) in [5.74, 6) is 0. The standard InChI is InChI=1S/C14H24O3S/c1-7-8-9(2)10(15)14(6)11(16)18-12(17-14)13(3,4)5/h8,10,12,15H,7H2,1-6H3. The Hall–Kier alpha value is -0.320. The molecular formula is C14H24O3S. The molecule has 0 bridgehead atoms. The average Bonchev–Trinajstić information content (AvgIpc) is 2.55. The monoisotopic (exact) mass is 272 g/mol. The number of aliphatic hydroxyl groups is 1. The first-order valence-electron chi connectivity index (χ1n) is 6.36. The Morgan fingerprint density at radius 1 is 1.61 bits per heavy atom. The second-order valence-corrected chi connectivity index (χ2v) is 7.12. The fourth-order valence-electron chi connectivity index (χ4n) is 1.91. The zero-order valence-electron chi connectivity index (χ0n) is 12.1. The minimum absolute atomic E-state index is 0.0845. The summed E-state index contributed by atoms with van der Waals surface area (Å²) in [6.07, 6.45) is 1.90. The first-order valence-corrected chi connectivity index (χ1v) is 7.24. The maximum absolute atomic E-state index is 12.2. The lowest BCUT2D eigenvalue weighted by Crippen LogP contribution is -2.46. The van der Waals surface area contributed by atoms with Gasteiger partial charge in [0.25, 0.3) is 0 Å². The lowest BCUT2D eigenvalue weighted by Gasteiger charge is -2.31. The fourth-order valence-corrected chi connectivity index (χ4v) is 3.10. The Bertz CT molecular complexity index is 357. The van der Waals surface area contributed by atoms with Gasteiger partial charge in [-0.25, -0.2) is 0 Å². The van der Waals surface area contributed by atoms with Crippen LogP contribution in [0.15, 0.2) is 11.6 Å². The summed E-state index contributed by atoms with van der Waals surface area (Å²) in [6.45, 7) is 11.6. The molecule has 3 atom stereocenters. The van der Waals surface area contributed by atoms with E-state index < -0.39 is 11.7 Å². The molecule has 18 heavy (non-hydrogen) atoms. The van der Waals surface area contributed by atoms with E-state index in [0.29, 0.717) is 0 Å². The molecule has 1 aliphatic heterocycles. The number of thioether (sulfide) groups is 1. The molecule has 104 valence electrons. The van der Waals surface area contributed by atoms with Crippen LogP contribution in [0.25, 0.3) is 0 Å². The summed E-state index contributed by atoms with van der Waals surface area (Å²) < 4.78 is 5.88. The molecule has 1 aliphatic rings. The molecule has 0 amide bonds. The maximum Gasteiger partial charge on any atom is 0.226 e. The normalized spacial score (nSPS) is 31.8. The minimum Gasteiger partial charge on any atom is -0.385 e. The number of carbonyl (C=O) groups is 1. The molecule has 4 heteroatoms. The van der Waals surface area contributed by atoms with Crippen molar-refractivity contribution in [1.82, 2.24) is 0 Å². The zero-order valence-corrected chi connectivity index (χ0v) is 12.9. The fraction of sp³-hybridized carbons (Fsp3) is 0.786. The van der Waals surface area contributed by atoms with Crippen LogP contribution in [0.4, 0.5) is 0 Å². The van der Waals surface area contributed by atoms with Crippen LogP contribution in [-0.2, 0) is 9.53 Å². The highest BCUT2D eigenvalue weighted by Gasteiger charge is 2.53. The van der Waals surface area contributed by atoms with E-state index >= 15 is 0 Å². The minimum atomic E-state index is -1.13. The lowest BCUT2D eigenvalue weighted by atomic mass is 9.92. The van der Waals surface area contributed by atoms with Crippen molar-refractivity contribution < 1.29 is 14.6 Å². The molecule has 1 fully saturated rings. The van der Waals surface area contributed by atoms with Gasteiger partial charge in [0.2, 0.25) is 5.12 Å². The number of ether oxygens (including phenoxy) is 1. The number of carbonyl (C=O) groups excluding carboxylic acids is 1. The summed E-state index contributed by atoms with van der Waals surface area (Å²) in [4.78, 5) is 12.2. The van der Waals surface area contributed by atoms with Crippen LogP contribution in [0.3, 0.4) is 0 Å². The van der Waals surface area contributed by atoms with Crippen molar-refractivity contribution in [2.24, 2.45) is 5.41 Å². The molecule has 1 saturated heterocycles. The van der Waals surface area contributed by atoms with E-state index in [9.17, 15) is 9.90 Å². The molecule has 1 N–H and O–H groups in total. The number of allylic oxidation sites excluding steroid dienone is 1. The van der Waals surface area contributed by atoms with Crippen LogP contribution >= 0.6 is 11.8 Å². The summed E-state index contributed by atoms with van der Waals surface area (Å²) in [7, 11) is 0. The van der Waals surface area contributed by atoms with Gasteiger partial charge < -0.3 is 9.84 Å². The van der Waals surface area contributed by atoms with Gasteiger partial charge in [0.05, 0.1) is 0 Å². The first kappa shape index (κ1) is 15.7. The SMILES string of the molecule is CCC=C(C)C(O)C1(C)OC(C(C)(C)C)SC1=O. The molecule has 0 radical (unpaired) electrons. The van der Waals surface area contributed by atoms with E-state index in [1.54, 1.807) is 6.92 Å². The van der Waals surface area contributed by atoms with Gasteiger partial charge >= 0.3 is 0 Å². The highest BCUT2D eigenvalue weighted by atomic mass is 32.2. The Morgan fingerprint density at radius 3 is 2.56 bits per heavy atom. The Labute approximate surface area is 114 Å². The van der Waals surface area contributed by atoms with Crippen molar-refractivity contribution in [3.05, 3.63) is 11.6 Å². The molecule has 0 aliphatic carbocycles. The van der Waals surface area contributed by atoms with E-state index in [1.807, 2.05) is 40.7 Å². The first-order chi connectivity index (χ1) is 8.13. The second kappa shape index (κ2) is 5.35. The Kier molecular flexibility index (Phi) is 4.68. The molecule has 0 aromatic heterocycles. The largest absolute Gasteiger partial charge is 0.385 e. The van der Waals surface area contributed by atoms with Gasteiger partial charge in [-0.2, -0.15) is 0 Å². The highest BCUT2D eigenvalue weighted by Crippen LogP contribution is 2.45. The topological polar surface area (TPSA) is 46.5 Å². The van der Waals surface area contributed by atoms with Gasteiger partial charge in [-0.1, -0.05) is 45.5 Å². The van der Waals surface area contributed by atoms with Crippen LogP contribution in [0.2, 0.25) is 0 Å². The van der Waals surface area contributed by atoms with Crippen molar-refractivity contribution in [1.29, 1.82) is 0 Å². The highest BCUT2D eigenvalue weighted by molar-refractivity contribution is 8.14. The van der Waals surface area contributed by atoms with Crippen LogP contribution in [0.1, 0.15) is 48.0 Å². The zero-order chi connectivity index (χ0) is 14.1. The maximum atomic E-state index is 12.2. The van der Waals surface area contributed by atoms with Crippen LogP contribution in [-0.4, -0.2) is 27.4 Å². The van der Waals surface area contributed by atoms with Crippen molar-refractivity contribution in [3.63, 3.8) is 0 Å². The van der Waals surface area contributed by atoms with Crippen molar-refractivity contribution in [2.45, 2.75) is 65.1 Å². The third-order valence-electron chi connectivity index (χ3n) is 3.16. The number of aliphatic hydroxyl groups excluding tert-OH is 1. The third-order valence-corrected chi connectivity index (χ3v) is 4.79. The summed E-state index contributed by atoms with van der Waals surface area (Å²) in [5, 5.41) is 10.2. The van der Waals surface area contributed by atoms with Crippen LogP contribution in [0, 0.1) is 5.41 Å². The van der Waals surface area contributed by atoms with Gasteiger partial charge in [-0.15, -0.1) is 0 Å². The quantitative estimate of drug-likeness (QED) is 0.802. The second-order valence-electron chi connectivity index (χ2n) is 6.09. The lowest BCUT2D eigenvalue weighted by molar-refractivity contribution is -0.148. The van der Waals surface area contributed by atoms with Crippen LogP contribution in [0.5, 0.6) is 0 Å². The predicted molar refractivity (Wildman–Crippen MR) is 75.4 cm³/mol. The molecule has 3 nitrogen and oxygen atoms in total. The third kappa shape index (κ3) is 2.98. The Morgan fingerprint density at radius 2 is 2.17 bits per heavy atom. The van der Waals surface area contributed by atoms with Crippen molar-refractivity contribution in [2.75, 3.05) is 0 Å². The van der Waals surface area contributed by atoms with Gasteiger partial charge in [0.15, 0.2) is 5.60 Å². The number of rotatable bonds is 3. The molecule has 1 heterocycles. The van der Waals surface area contributed by atoms with Crippen LogP contribution < -0.4 is 0 Å². The molecule has 3 unspecified atom stereocenters. The summed E-state index contributed by atoms with van der Waals surface area (Å²) in [5.41, 5.74) is -0.666. The van der Waals surface area contributed by atoms with E-state index in [0.717, 1.165) is 12.0 Å². The van der Waals surface area contributed by atoms with Crippen molar-refractivity contribution >= 4 is 16.9 Å². The smallest absolute Gasteiger partial charge is 0.226 e. The number of hydrogen-bond donors (Lipinski definition) is 1. The Balaban J connectivity index is 2.94. The molecule has 0 aromatic rings. The molecule has 0 saturated carbocycles. The summed E-state index contributed by atoms with van der Waals surface area (Å²) in [6, 6.07) is 0. The molecule has 1 rings (SSSR count). The number of hydrogen-bond acceptors (Lipinski definition) is 4. The van der Waals surface area contributed by atoms with E-state index in [-0.39, 0.29) is 16.0 Å². The van der Waals surface area contributed by atoms with E-state index in [2.05, 4.69) is 0 Å². The summed E-state index contributed by atoms with van der Waals surface area (Å²) >= 11 is 1.19. The molecular weight excluding hydrogens is 248 g/mol. The van der Waals surface area contributed by atoms with Crippen molar-refractivity contribution in [3.8, 4) is 0 Å². The van der Waals surface area contributed by atoms with E-state index in [1.165, 1.54) is 11.8 Å². The predicted octanol–water partition coefficient (Wildman–Crippen LogP) is 3.12. The van der Waals surface area contributed by atoms with Gasteiger partial charge in [0.1, 0.15) is 11.5 Å². The van der Waals surface area contributed by atoms with Gasteiger partial charge in [0, 0.05) is 0 Å². The molecule has 0 aromatic carbocycles. The van der Waals surface area contributed by atoms with Gasteiger partial charge in [-0.3, -0.25) is 4.79 Å².